The second kappa shape index (κ2) is 6.31. The maximum atomic E-state index is 9.66. The van der Waals surface area contributed by atoms with E-state index < -0.39 is 6.10 Å². The first-order chi connectivity index (χ1) is 8.70. The summed E-state index contributed by atoms with van der Waals surface area (Å²) in [6.07, 6.45) is 3.71. The molecule has 0 saturated heterocycles. The molecule has 0 bridgehead atoms. The third kappa shape index (κ3) is 3.31. The van der Waals surface area contributed by atoms with Crippen molar-refractivity contribution < 1.29 is 5.11 Å². The molecule has 0 aliphatic carbocycles. The Morgan fingerprint density at radius 2 is 2.17 bits per heavy atom. The van der Waals surface area contributed by atoms with E-state index in [1.165, 1.54) is 0 Å². The molecule has 18 heavy (non-hydrogen) atoms. The Morgan fingerprint density at radius 3 is 2.78 bits per heavy atom. The molecule has 2 rings (SSSR count). The molecule has 2 heterocycles. The molecule has 0 aromatic carbocycles. The average Bonchev–Trinajstić information content (AvgIpc) is 2.41. The monoisotopic (exact) mass is 324 g/mol. The van der Waals surface area contributed by atoms with Crippen LogP contribution in [-0.4, -0.2) is 15.1 Å². The number of hydrogen-bond acceptors (Lipinski definition) is 4. The van der Waals surface area contributed by atoms with Gasteiger partial charge in [0.05, 0.1) is 16.3 Å². The van der Waals surface area contributed by atoms with Gasteiger partial charge < -0.3 is 5.11 Å². The van der Waals surface area contributed by atoms with Crippen molar-refractivity contribution in [3.8, 4) is 0 Å². The highest BCUT2D eigenvalue weighted by Crippen LogP contribution is 2.31. The number of rotatable bonds is 4. The SMILES string of the molecule is CC[C@H](O)c1ccc(Sc2ncccc2Br)cn1. The van der Waals surface area contributed by atoms with Crippen LogP contribution in [0.15, 0.2) is 51.1 Å². The predicted molar refractivity (Wildman–Crippen MR) is 75.5 cm³/mol. The molecule has 94 valence electrons. The summed E-state index contributed by atoms with van der Waals surface area (Å²) in [5.74, 6) is 0. The summed E-state index contributed by atoms with van der Waals surface area (Å²) in [7, 11) is 0. The second-order valence-electron chi connectivity index (χ2n) is 3.74. The largest absolute Gasteiger partial charge is 0.387 e. The zero-order valence-electron chi connectivity index (χ0n) is 9.88. The molecular weight excluding hydrogens is 312 g/mol. The van der Waals surface area contributed by atoms with E-state index in [0.717, 1.165) is 14.4 Å². The first-order valence-corrected chi connectivity index (χ1v) is 7.24. The molecule has 0 unspecified atom stereocenters. The maximum Gasteiger partial charge on any atom is 0.115 e. The van der Waals surface area contributed by atoms with E-state index >= 15 is 0 Å². The van der Waals surface area contributed by atoms with Crippen molar-refractivity contribution in [1.29, 1.82) is 0 Å². The zero-order valence-corrected chi connectivity index (χ0v) is 12.3. The normalized spacial score (nSPS) is 12.4. The van der Waals surface area contributed by atoms with Crippen molar-refractivity contribution in [3.63, 3.8) is 0 Å². The van der Waals surface area contributed by atoms with Crippen LogP contribution in [0.5, 0.6) is 0 Å². The van der Waals surface area contributed by atoms with Crippen LogP contribution in [-0.2, 0) is 0 Å². The van der Waals surface area contributed by atoms with Gasteiger partial charge in [-0.25, -0.2) is 4.98 Å². The van der Waals surface area contributed by atoms with Crippen LogP contribution in [0.4, 0.5) is 0 Å². The minimum atomic E-state index is -0.481. The standard InChI is InChI=1S/C13H13BrN2OS/c1-2-12(17)11-6-5-9(8-16-11)18-13-10(14)4-3-7-15-13/h3-8,12,17H,2H2,1H3/t12-/m0/s1. The quantitative estimate of drug-likeness (QED) is 0.928. The lowest BCUT2D eigenvalue weighted by molar-refractivity contribution is 0.169. The topological polar surface area (TPSA) is 46.0 Å². The molecule has 2 aromatic rings. The smallest absolute Gasteiger partial charge is 0.115 e. The molecule has 3 nitrogen and oxygen atoms in total. The van der Waals surface area contributed by atoms with Crippen molar-refractivity contribution in [2.24, 2.45) is 0 Å². The minimum absolute atomic E-state index is 0.481. The molecule has 1 N–H and O–H groups in total. The lowest BCUT2D eigenvalue weighted by atomic mass is 10.2. The first kappa shape index (κ1) is 13.5. The van der Waals surface area contributed by atoms with Crippen molar-refractivity contribution in [1.82, 2.24) is 9.97 Å². The van der Waals surface area contributed by atoms with Crippen molar-refractivity contribution in [2.75, 3.05) is 0 Å². The highest BCUT2D eigenvalue weighted by molar-refractivity contribution is 9.10. The van der Waals surface area contributed by atoms with Gasteiger partial charge in [0.15, 0.2) is 0 Å². The molecule has 0 amide bonds. The highest BCUT2D eigenvalue weighted by atomic mass is 79.9. The lowest BCUT2D eigenvalue weighted by Crippen LogP contribution is -1.97. The van der Waals surface area contributed by atoms with Crippen molar-refractivity contribution >= 4 is 27.7 Å². The third-order valence-corrected chi connectivity index (χ3v) is 4.32. The Labute approximate surface area is 119 Å². The van der Waals surface area contributed by atoms with E-state index in [1.54, 1.807) is 24.2 Å². The molecule has 0 radical (unpaired) electrons. The van der Waals surface area contributed by atoms with Gasteiger partial charge in [-0.3, -0.25) is 4.98 Å². The number of aromatic nitrogens is 2. The van der Waals surface area contributed by atoms with E-state index in [2.05, 4.69) is 25.9 Å². The van der Waals surface area contributed by atoms with Crippen LogP contribution in [0.25, 0.3) is 0 Å². The second-order valence-corrected chi connectivity index (χ2v) is 5.65. The summed E-state index contributed by atoms with van der Waals surface area (Å²) in [4.78, 5) is 9.55. The Kier molecular flexibility index (Phi) is 4.74. The molecule has 0 aliphatic rings. The van der Waals surface area contributed by atoms with Crippen molar-refractivity contribution in [2.45, 2.75) is 29.4 Å². The van der Waals surface area contributed by atoms with Crippen LogP contribution in [0, 0.1) is 0 Å². The van der Waals surface area contributed by atoms with Gasteiger partial charge in [-0.1, -0.05) is 18.7 Å². The third-order valence-electron chi connectivity index (χ3n) is 2.43. The highest BCUT2D eigenvalue weighted by Gasteiger charge is 2.07. The molecule has 5 heteroatoms. The number of pyridine rings is 2. The number of halogens is 1. The molecule has 0 fully saturated rings. The van der Waals surface area contributed by atoms with E-state index in [1.807, 2.05) is 31.2 Å². The van der Waals surface area contributed by atoms with Crippen LogP contribution in [0.2, 0.25) is 0 Å². The fraction of sp³-hybridized carbons (Fsp3) is 0.231. The summed E-state index contributed by atoms with van der Waals surface area (Å²) < 4.78 is 0.965. The molecule has 2 aromatic heterocycles. The minimum Gasteiger partial charge on any atom is -0.387 e. The van der Waals surface area contributed by atoms with Crippen LogP contribution >= 0.6 is 27.7 Å². The van der Waals surface area contributed by atoms with E-state index in [0.29, 0.717) is 12.1 Å². The lowest BCUT2D eigenvalue weighted by Gasteiger charge is -2.07. The van der Waals surface area contributed by atoms with Crippen LogP contribution in [0.3, 0.4) is 0 Å². The summed E-state index contributed by atoms with van der Waals surface area (Å²) in [6, 6.07) is 7.64. The number of hydrogen-bond donors (Lipinski definition) is 1. The Hall–Kier alpha value is -0.910. The fourth-order valence-electron chi connectivity index (χ4n) is 1.42. The van der Waals surface area contributed by atoms with Crippen LogP contribution < -0.4 is 0 Å². The van der Waals surface area contributed by atoms with E-state index in [4.69, 9.17) is 0 Å². The molecule has 0 saturated carbocycles. The first-order valence-electron chi connectivity index (χ1n) is 5.63. The summed E-state index contributed by atoms with van der Waals surface area (Å²) in [6.45, 7) is 1.93. The molecule has 1 atom stereocenters. The predicted octanol–water partition coefficient (Wildman–Crippen LogP) is 3.83. The Morgan fingerprint density at radius 1 is 1.33 bits per heavy atom. The van der Waals surface area contributed by atoms with Gasteiger partial charge in [-0.15, -0.1) is 0 Å². The van der Waals surface area contributed by atoms with Gasteiger partial charge in [-0.05, 0) is 46.6 Å². The van der Waals surface area contributed by atoms with Gasteiger partial charge in [0, 0.05) is 17.3 Å². The summed E-state index contributed by atoms with van der Waals surface area (Å²) in [5.41, 5.74) is 0.710. The van der Waals surface area contributed by atoms with Gasteiger partial charge in [0.1, 0.15) is 5.03 Å². The summed E-state index contributed by atoms with van der Waals surface area (Å²) >= 11 is 5.00. The number of aliphatic hydroxyl groups excluding tert-OH is 1. The maximum absolute atomic E-state index is 9.66. The van der Waals surface area contributed by atoms with Gasteiger partial charge >= 0.3 is 0 Å². The Bertz CT molecular complexity index is 519. The van der Waals surface area contributed by atoms with Gasteiger partial charge in [0.25, 0.3) is 0 Å². The van der Waals surface area contributed by atoms with Gasteiger partial charge in [0.2, 0.25) is 0 Å². The molecular formula is C13H13BrN2OS. The van der Waals surface area contributed by atoms with Crippen molar-refractivity contribution in [3.05, 3.63) is 46.8 Å². The molecule has 0 aliphatic heterocycles. The zero-order chi connectivity index (χ0) is 13.0. The Balaban J connectivity index is 2.14. The van der Waals surface area contributed by atoms with Gasteiger partial charge in [-0.2, -0.15) is 0 Å². The van der Waals surface area contributed by atoms with Crippen LogP contribution in [0.1, 0.15) is 25.1 Å². The number of aliphatic hydroxyl groups is 1. The fourth-order valence-corrected chi connectivity index (χ4v) is 2.66. The van der Waals surface area contributed by atoms with E-state index in [-0.39, 0.29) is 0 Å². The number of nitrogens with zero attached hydrogens (tertiary/aromatic N) is 2. The molecule has 0 spiro atoms. The summed E-state index contributed by atoms with van der Waals surface area (Å²) in [5, 5.41) is 10.6. The van der Waals surface area contributed by atoms with E-state index in [9.17, 15) is 5.11 Å². The average molecular weight is 325 g/mol.